The van der Waals surface area contributed by atoms with Gasteiger partial charge in [-0.1, -0.05) is 24.6 Å². The maximum atomic E-state index is 13.0. The highest BCUT2D eigenvalue weighted by molar-refractivity contribution is 5.94. The largest absolute Gasteiger partial charge is 0.439 e. The van der Waals surface area contributed by atoms with Crippen molar-refractivity contribution in [2.45, 2.75) is 52.1 Å². The number of carbonyl (C=O) groups is 1. The zero-order valence-corrected chi connectivity index (χ0v) is 18.8. The Morgan fingerprint density at radius 2 is 1.97 bits per heavy atom. The quantitative estimate of drug-likeness (QED) is 0.563. The SMILES string of the molecule is Cc1cc(C)n(CCCN2CCCCC2C(=O)Nc2ccc(Oc3ccccc3)nc2)n1. The van der Waals surface area contributed by atoms with Gasteiger partial charge < -0.3 is 10.1 Å². The van der Waals surface area contributed by atoms with Crippen molar-refractivity contribution in [3.8, 4) is 11.6 Å². The molecule has 7 heteroatoms. The summed E-state index contributed by atoms with van der Waals surface area (Å²) in [6.07, 6.45) is 5.71. The lowest BCUT2D eigenvalue weighted by atomic mass is 10.0. The van der Waals surface area contributed by atoms with E-state index in [0.717, 1.165) is 56.8 Å². The van der Waals surface area contributed by atoms with Crippen LogP contribution in [0.25, 0.3) is 0 Å². The van der Waals surface area contributed by atoms with E-state index in [4.69, 9.17) is 4.74 Å². The fourth-order valence-corrected chi connectivity index (χ4v) is 4.23. The van der Waals surface area contributed by atoms with Crippen molar-refractivity contribution in [2.24, 2.45) is 0 Å². The van der Waals surface area contributed by atoms with Crippen molar-refractivity contribution in [1.29, 1.82) is 0 Å². The molecule has 3 heterocycles. The minimum atomic E-state index is -0.107. The van der Waals surface area contributed by atoms with E-state index >= 15 is 0 Å². The third-order valence-electron chi connectivity index (χ3n) is 5.80. The van der Waals surface area contributed by atoms with Crippen LogP contribution >= 0.6 is 0 Å². The monoisotopic (exact) mass is 433 g/mol. The molecule has 168 valence electrons. The Morgan fingerprint density at radius 3 is 2.69 bits per heavy atom. The Bertz CT molecular complexity index is 1020. The maximum Gasteiger partial charge on any atom is 0.241 e. The third kappa shape index (κ3) is 5.73. The van der Waals surface area contributed by atoms with Crippen LogP contribution in [0, 0.1) is 13.8 Å². The first-order valence-corrected chi connectivity index (χ1v) is 11.3. The highest BCUT2D eigenvalue weighted by Crippen LogP contribution is 2.22. The molecule has 1 aliphatic rings. The van der Waals surface area contributed by atoms with E-state index in [9.17, 15) is 4.79 Å². The number of benzene rings is 1. The lowest BCUT2D eigenvalue weighted by Crippen LogP contribution is -2.47. The van der Waals surface area contributed by atoms with Gasteiger partial charge in [0, 0.05) is 24.8 Å². The molecule has 1 saturated heterocycles. The number of aryl methyl sites for hydroxylation is 3. The number of para-hydroxylation sites is 1. The number of likely N-dealkylation sites (tertiary alicyclic amines) is 1. The van der Waals surface area contributed by atoms with E-state index in [2.05, 4.69) is 38.0 Å². The summed E-state index contributed by atoms with van der Waals surface area (Å²) < 4.78 is 7.78. The van der Waals surface area contributed by atoms with Crippen LogP contribution < -0.4 is 10.1 Å². The molecule has 7 nitrogen and oxygen atoms in total. The summed E-state index contributed by atoms with van der Waals surface area (Å²) in [5.41, 5.74) is 2.91. The molecule has 1 atom stereocenters. The maximum absolute atomic E-state index is 13.0. The summed E-state index contributed by atoms with van der Waals surface area (Å²) in [5.74, 6) is 1.27. The Hall–Kier alpha value is -3.19. The predicted molar refractivity (Wildman–Crippen MR) is 125 cm³/mol. The molecule has 1 aromatic carbocycles. The first-order chi connectivity index (χ1) is 15.6. The van der Waals surface area contributed by atoms with Crippen molar-refractivity contribution < 1.29 is 9.53 Å². The molecule has 0 spiro atoms. The first kappa shape index (κ1) is 22.0. The molecule has 0 radical (unpaired) electrons. The van der Waals surface area contributed by atoms with Crippen molar-refractivity contribution in [3.63, 3.8) is 0 Å². The standard InChI is InChI=1S/C25H31N5O2/c1-19-17-20(2)30(28-19)16-8-15-29-14-7-6-11-23(29)25(31)27-21-12-13-24(26-18-21)32-22-9-4-3-5-10-22/h3-5,9-10,12-13,17-18,23H,6-8,11,14-16H2,1-2H3,(H,27,31). The van der Waals surface area contributed by atoms with E-state index in [1.165, 1.54) is 5.69 Å². The lowest BCUT2D eigenvalue weighted by molar-refractivity contribution is -0.122. The Morgan fingerprint density at radius 1 is 1.12 bits per heavy atom. The number of hydrogen-bond acceptors (Lipinski definition) is 5. The minimum Gasteiger partial charge on any atom is -0.439 e. The number of pyridine rings is 1. The average Bonchev–Trinajstić information content (AvgIpc) is 3.13. The Labute approximate surface area is 189 Å². The highest BCUT2D eigenvalue weighted by atomic mass is 16.5. The minimum absolute atomic E-state index is 0.0364. The van der Waals surface area contributed by atoms with E-state index < -0.39 is 0 Å². The van der Waals surface area contributed by atoms with Crippen LogP contribution in [0.3, 0.4) is 0 Å². The molecule has 1 unspecified atom stereocenters. The van der Waals surface area contributed by atoms with Gasteiger partial charge in [-0.3, -0.25) is 14.4 Å². The van der Waals surface area contributed by atoms with E-state index in [1.54, 1.807) is 12.3 Å². The van der Waals surface area contributed by atoms with Gasteiger partial charge in [-0.2, -0.15) is 5.10 Å². The molecule has 1 fully saturated rings. The van der Waals surface area contributed by atoms with Gasteiger partial charge >= 0.3 is 0 Å². The van der Waals surface area contributed by atoms with Crippen LogP contribution in [0.4, 0.5) is 5.69 Å². The number of nitrogens with one attached hydrogen (secondary N) is 1. The van der Waals surface area contributed by atoms with Crippen molar-refractivity contribution >= 4 is 11.6 Å². The van der Waals surface area contributed by atoms with E-state index in [1.807, 2.05) is 43.3 Å². The summed E-state index contributed by atoms with van der Waals surface area (Å²) in [6, 6.07) is 15.1. The van der Waals surface area contributed by atoms with Gasteiger partial charge in [0.1, 0.15) is 5.75 Å². The molecular weight excluding hydrogens is 402 g/mol. The number of carbonyl (C=O) groups excluding carboxylic acids is 1. The van der Waals surface area contributed by atoms with Crippen LogP contribution in [-0.2, 0) is 11.3 Å². The fourth-order valence-electron chi connectivity index (χ4n) is 4.23. The van der Waals surface area contributed by atoms with E-state index in [-0.39, 0.29) is 11.9 Å². The molecule has 32 heavy (non-hydrogen) atoms. The molecule has 0 aliphatic carbocycles. The lowest BCUT2D eigenvalue weighted by Gasteiger charge is -2.34. The smallest absolute Gasteiger partial charge is 0.241 e. The molecule has 1 N–H and O–H groups in total. The van der Waals surface area contributed by atoms with Gasteiger partial charge in [0.15, 0.2) is 0 Å². The molecular formula is C25H31N5O2. The van der Waals surface area contributed by atoms with Gasteiger partial charge in [0.05, 0.1) is 23.6 Å². The molecule has 2 aromatic heterocycles. The van der Waals surface area contributed by atoms with Crippen LogP contribution in [-0.4, -0.2) is 44.7 Å². The average molecular weight is 434 g/mol. The van der Waals surface area contributed by atoms with Crippen LogP contribution in [0.5, 0.6) is 11.6 Å². The summed E-state index contributed by atoms with van der Waals surface area (Å²) in [7, 11) is 0. The van der Waals surface area contributed by atoms with Crippen LogP contribution in [0.15, 0.2) is 54.7 Å². The predicted octanol–water partition coefficient (Wildman–Crippen LogP) is 4.57. The summed E-state index contributed by atoms with van der Waals surface area (Å²) in [6.45, 7) is 6.82. The number of piperidine rings is 1. The number of amides is 1. The third-order valence-corrected chi connectivity index (χ3v) is 5.80. The van der Waals surface area contributed by atoms with Crippen molar-refractivity contribution in [2.75, 3.05) is 18.4 Å². The fraction of sp³-hybridized carbons (Fsp3) is 0.400. The first-order valence-electron chi connectivity index (χ1n) is 11.3. The number of nitrogens with zero attached hydrogens (tertiary/aromatic N) is 4. The highest BCUT2D eigenvalue weighted by Gasteiger charge is 2.28. The van der Waals surface area contributed by atoms with Gasteiger partial charge in [0.25, 0.3) is 0 Å². The van der Waals surface area contributed by atoms with Gasteiger partial charge in [-0.25, -0.2) is 4.98 Å². The number of anilines is 1. The van der Waals surface area contributed by atoms with Crippen molar-refractivity contribution in [1.82, 2.24) is 19.7 Å². The van der Waals surface area contributed by atoms with E-state index in [0.29, 0.717) is 11.6 Å². The molecule has 3 aromatic rings. The molecule has 1 amide bonds. The van der Waals surface area contributed by atoms with Crippen molar-refractivity contribution in [3.05, 3.63) is 66.1 Å². The van der Waals surface area contributed by atoms with Gasteiger partial charge in [-0.05, 0) is 63.9 Å². The summed E-state index contributed by atoms with van der Waals surface area (Å²) in [5, 5.41) is 7.57. The number of ether oxygens (including phenoxy) is 1. The molecule has 1 aliphatic heterocycles. The number of rotatable bonds is 8. The number of aromatic nitrogens is 3. The molecule has 0 saturated carbocycles. The summed E-state index contributed by atoms with van der Waals surface area (Å²) in [4.78, 5) is 19.6. The normalized spacial score (nSPS) is 16.6. The summed E-state index contributed by atoms with van der Waals surface area (Å²) >= 11 is 0. The van der Waals surface area contributed by atoms with Gasteiger partial charge in [0.2, 0.25) is 11.8 Å². The second-order valence-electron chi connectivity index (χ2n) is 8.34. The van der Waals surface area contributed by atoms with Crippen LogP contribution in [0.2, 0.25) is 0 Å². The Balaban J connectivity index is 1.31. The van der Waals surface area contributed by atoms with Crippen LogP contribution in [0.1, 0.15) is 37.1 Å². The van der Waals surface area contributed by atoms with Gasteiger partial charge in [-0.15, -0.1) is 0 Å². The number of hydrogen-bond donors (Lipinski definition) is 1. The molecule has 0 bridgehead atoms. The second-order valence-corrected chi connectivity index (χ2v) is 8.34. The zero-order chi connectivity index (χ0) is 22.3. The zero-order valence-electron chi connectivity index (χ0n) is 18.8. The topological polar surface area (TPSA) is 72.3 Å². The Kier molecular flexibility index (Phi) is 7.17. The molecule has 4 rings (SSSR count). The second kappa shape index (κ2) is 10.4.